The summed E-state index contributed by atoms with van der Waals surface area (Å²) in [5.74, 6) is -0.832. The van der Waals surface area contributed by atoms with Gasteiger partial charge in [-0.15, -0.1) is 0 Å². The second-order valence-corrected chi connectivity index (χ2v) is 3.65. The Balaban J connectivity index is 2.38. The summed E-state index contributed by atoms with van der Waals surface area (Å²) in [6, 6.07) is 6.70. The Morgan fingerprint density at radius 3 is 2.78 bits per heavy atom. The number of methoxy groups -OCH3 is 1. The van der Waals surface area contributed by atoms with E-state index in [1.165, 1.54) is 24.1 Å². The fourth-order valence-corrected chi connectivity index (χ4v) is 1.66. The molecule has 0 aliphatic heterocycles. The summed E-state index contributed by atoms with van der Waals surface area (Å²) in [4.78, 5) is 11.1. The second-order valence-electron chi connectivity index (χ2n) is 3.65. The molecule has 6 nitrogen and oxygen atoms in total. The van der Waals surface area contributed by atoms with Gasteiger partial charge in [-0.2, -0.15) is 5.10 Å². The van der Waals surface area contributed by atoms with Gasteiger partial charge in [0.2, 0.25) is 0 Å². The van der Waals surface area contributed by atoms with Crippen molar-refractivity contribution >= 4 is 5.97 Å². The van der Waals surface area contributed by atoms with Crippen molar-refractivity contribution in [3.63, 3.8) is 0 Å². The number of phenolic OH excluding ortho intramolecular Hbond substituents is 1. The van der Waals surface area contributed by atoms with E-state index in [1.807, 2.05) is 0 Å². The standard InChI is InChI=1S/C12H12N2O4/c1-18-10-6-13-14(11(10)12(16)17)7-8-4-2-3-5-9(8)15/h2-6,15H,7H2,1H3,(H,16,17). The number of aromatic carboxylic acids is 1. The van der Waals surface area contributed by atoms with Crippen LogP contribution in [-0.2, 0) is 6.54 Å². The highest BCUT2D eigenvalue weighted by molar-refractivity contribution is 5.88. The molecule has 1 aromatic heterocycles. The number of carboxylic acid groups (broad SMARTS) is 1. The Kier molecular flexibility index (Phi) is 3.18. The number of aromatic hydroxyl groups is 1. The first-order chi connectivity index (χ1) is 8.63. The third-order valence-electron chi connectivity index (χ3n) is 2.54. The predicted molar refractivity (Wildman–Crippen MR) is 62.9 cm³/mol. The monoisotopic (exact) mass is 248 g/mol. The first-order valence-corrected chi connectivity index (χ1v) is 5.23. The summed E-state index contributed by atoms with van der Waals surface area (Å²) in [6.45, 7) is 0.164. The Morgan fingerprint density at radius 1 is 1.44 bits per heavy atom. The number of aromatic nitrogens is 2. The molecule has 2 rings (SSSR count). The van der Waals surface area contributed by atoms with Crippen LogP contribution in [0.25, 0.3) is 0 Å². The van der Waals surface area contributed by atoms with Crippen LogP contribution >= 0.6 is 0 Å². The number of phenols is 1. The first kappa shape index (κ1) is 12.0. The normalized spacial score (nSPS) is 10.3. The maximum atomic E-state index is 11.1. The minimum absolute atomic E-state index is 0.0410. The number of benzene rings is 1. The molecule has 2 N–H and O–H groups in total. The van der Waals surface area contributed by atoms with Gasteiger partial charge in [-0.3, -0.25) is 4.68 Å². The maximum absolute atomic E-state index is 11.1. The van der Waals surface area contributed by atoms with Crippen molar-refractivity contribution in [1.29, 1.82) is 0 Å². The zero-order valence-corrected chi connectivity index (χ0v) is 9.70. The third kappa shape index (κ3) is 2.13. The van der Waals surface area contributed by atoms with Crippen LogP contribution < -0.4 is 4.74 Å². The Bertz CT molecular complexity index is 577. The van der Waals surface area contributed by atoms with Crippen LogP contribution in [0.15, 0.2) is 30.5 Å². The zero-order chi connectivity index (χ0) is 13.1. The van der Waals surface area contributed by atoms with Crippen molar-refractivity contribution in [2.75, 3.05) is 7.11 Å². The van der Waals surface area contributed by atoms with E-state index in [1.54, 1.807) is 18.2 Å². The summed E-state index contributed by atoms with van der Waals surface area (Å²) >= 11 is 0. The summed E-state index contributed by atoms with van der Waals surface area (Å²) in [5.41, 5.74) is 0.548. The SMILES string of the molecule is COc1cnn(Cc2ccccc2O)c1C(=O)O. The van der Waals surface area contributed by atoms with E-state index in [9.17, 15) is 9.90 Å². The average Bonchev–Trinajstić information content (AvgIpc) is 2.75. The lowest BCUT2D eigenvalue weighted by Crippen LogP contribution is -2.11. The highest BCUT2D eigenvalue weighted by atomic mass is 16.5. The number of carboxylic acids is 1. The zero-order valence-electron chi connectivity index (χ0n) is 9.70. The van der Waals surface area contributed by atoms with E-state index in [-0.39, 0.29) is 23.7 Å². The van der Waals surface area contributed by atoms with Crippen LogP contribution in [0.1, 0.15) is 16.1 Å². The Hall–Kier alpha value is -2.50. The highest BCUT2D eigenvalue weighted by Crippen LogP contribution is 2.21. The van der Waals surface area contributed by atoms with Crippen molar-refractivity contribution < 1.29 is 19.7 Å². The number of hydrogen-bond acceptors (Lipinski definition) is 4. The van der Waals surface area contributed by atoms with Crippen molar-refractivity contribution in [3.8, 4) is 11.5 Å². The Labute approximate surface area is 103 Å². The summed E-state index contributed by atoms with van der Waals surface area (Å²) in [6.07, 6.45) is 1.34. The van der Waals surface area contributed by atoms with Crippen LogP contribution in [0.3, 0.4) is 0 Å². The quantitative estimate of drug-likeness (QED) is 0.853. The lowest BCUT2D eigenvalue weighted by molar-refractivity contribution is 0.0680. The van der Waals surface area contributed by atoms with Gasteiger partial charge >= 0.3 is 5.97 Å². The van der Waals surface area contributed by atoms with Gasteiger partial charge in [0.25, 0.3) is 0 Å². The summed E-state index contributed by atoms with van der Waals surface area (Å²) in [7, 11) is 1.38. The number of para-hydroxylation sites is 1. The molecule has 0 spiro atoms. The van der Waals surface area contributed by atoms with E-state index in [0.717, 1.165) is 0 Å². The first-order valence-electron chi connectivity index (χ1n) is 5.23. The summed E-state index contributed by atoms with van der Waals surface area (Å²) < 4.78 is 6.20. The molecule has 1 heterocycles. The van der Waals surface area contributed by atoms with Crippen molar-refractivity contribution in [3.05, 3.63) is 41.7 Å². The van der Waals surface area contributed by atoms with Crippen molar-refractivity contribution in [1.82, 2.24) is 9.78 Å². The van der Waals surface area contributed by atoms with Gasteiger partial charge in [-0.1, -0.05) is 18.2 Å². The fraction of sp³-hybridized carbons (Fsp3) is 0.167. The third-order valence-corrected chi connectivity index (χ3v) is 2.54. The molecule has 18 heavy (non-hydrogen) atoms. The molecule has 0 saturated carbocycles. The van der Waals surface area contributed by atoms with Gasteiger partial charge in [0.15, 0.2) is 11.4 Å². The van der Waals surface area contributed by atoms with E-state index in [0.29, 0.717) is 5.56 Å². The number of nitrogens with zero attached hydrogens (tertiary/aromatic N) is 2. The largest absolute Gasteiger partial charge is 0.508 e. The molecule has 6 heteroatoms. The predicted octanol–water partition coefficient (Wildman–Crippen LogP) is 1.34. The molecular formula is C12H12N2O4. The molecule has 0 unspecified atom stereocenters. The van der Waals surface area contributed by atoms with Gasteiger partial charge in [-0.05, 0) is 6.07 Å². The van der Waals surface area contributed by atoms with E-state index >= 15 is 0 Å². The highest BCUT2D eigenvalue weighted by Gasteiger charge is 2.19. The molecule has 0 bridgehead atoms. The lowest BCUT2D eigenvalue weighted by Gasteiger charge is -2.07. The molecule has 0 amide bonds. The maximum Gasteiger partial charge on any atom is 0.358 e. The number of ether oxygens (including phenoxy) is 1. The fourth-order valence-electron chi connectivity index (χ4n) is 1.66. The smallest absolute Gasteiger partial charge is 0.358 e. The van der Waals surface area contributed by atoms with E-state index in [4.69, 9.17) is 9.84 Å². The summed E-state index contributed by atoms with van der Waals surface area (Å²) in [5, 5.41) is 22.7. The molecular weight excluding hydrogens is 236 g/mol. The van der Waals surface area contributed by atoms with Gasteiger partial charge < -0.3 is 14.9 Å². The number of carbonyl (C=O) groups is 1. The van der Waals surface area contributed by atoms with Gasteiger partial charge in [-0.25, -0.2) is 4.79 Å². The topological polar surface area (TPSA) is 84.6 Å². The molecule has 0 aliphatic rings. The van der Waals surface area contributed by atoms with Crippen molar-refractivity contribution in [2.45, 2.75) is 6.54 Å². The van der Waals surface area contributed by atoms with Crippen molar-refractivity contribution in [2.24, 2.45) is 0 Å². The number of rotatable bonds is 4. The molecule has 0 radical (unpaired) electrons. The molecule has 2 aromatic rings. The molecule has 94 valence electrons. The minimum Gasteiger partial charge on any atom is -0.508 e. The van der Waals surface area contributed by atoms with Crippen LogP contribution in [0, 0.1) is 0 Å². The lowest BCUT2D eigenvalue weighted by atomic mass is 10.2. The van der Waals surface area contributed by atoms with E-state index < -0.39 is 5.97 Å². The Morgan fingerprint density at radius 2 is 2.17 bits per heavy atom. The average molecular weight is 248 g/mol. The van der Waals surface area contributed by atoms with Crippen LogP contribution in [0.4, 0.5) is 0 Å². The van der Waals surface area contributed by atoms with Crippen LogP contribution in [0.5, 0.6) is 11.5 Å². The van der Waals surface area contributed by atoms with Gasteiger partial charge in [0.05, 0.1) is 19.9 Å². The molecule has 0 aliphatic carbocycles. The molecule has 0 saturated heterocycles. The molecule has 0 fully saturated rings. The van der Waals surface area contributed by atoms with Crippen LogP contribution in [-0.4, -0.2) is 33.1 Å². The molecule has 1 aromatic carbocycles. The molecule has 0 atom stereocenters. The van der Waals surface area contributed by atoms with Gasteiger partial charge in [0, 0.05) is 5.56 Å². The van der Waals surface area contributed by atoms with Gasteiger partial charge in [0.1, 0.15) is 5.75 Å². The van der Waals surface area contributed by atoms with E-state index in [2.05, 4.69) is 5.10 Å². The van der Waals surface area contributed by atoms with Crippen LogP contribution in [0.2, 0.25) is 0 Å². The second kappa shape index (κ2) is 4.79. The minimum atomic E-state index is -1.13. The number of hydrogen-bond donors (Lipinski definition) is 2.